The third-order valence-corrected chi connectivity index (χ3v) is 5.76. The third kappa shape index (κ3) is 5.69. The molecule has 1 aromatic heterocycles. The fourth-order valence-electron chi connectivity index (χ4n) is 4.31. The summed E-state index contributed by atoms with van der Waals surface area (Å²) in [6.07, 6.45) is 4.52. The highest BCUT2D eigenvalue weighted by atomic mass is 127. The number of hydrogen-bond acceptors (Lipinski definition) is 4. The van der Waals surface area contributed by atoms with Crippen molar-refractivity contribution in [3.8, 4) is 0 Å². The summed E-state index contributed by atoms with van der Waals surface area (Å²) in [5.41, 5.74) is 1.39. The number of guanidine groups is 1. The van der Waals surface area contributed by atoms with Crippen molar-refractivity contribution in [1.29, 1.82) is 0 Å². The van der Waals surface area contributed by atoms with Crippen LogP contribution in [0.25, 0.3) is 0 Å². The van der Waals surface area contributed by atoms with Crippen LogP contribution in [0.5, 0.6) is 0 Å². The second-order valence-electron chi connectivity index (χ2n) is 7.84. The number of aliphatic imine (C=N–C) groups is 1. The van der Waals surface area contributed by atoms with Gasteiger partial charge in [-0.1, -0.05) is 30.3 Å². The molecule has 0 amide bonds. The van der Waals surface area contributed by atoms with E-state index in [4.69, 9.17) is 0 Å². The number of nitrogens with one attached hydrogen (secondary N) is 2. The minimum Gasteiger partial charge on any atom is -0.355 e. The molecule has 158 valence electrons. The molecule has 29 heavy (non-hydrogen) atoms. The summed E-state index contributed by atoms with van der Waals surface area (Å²) < 4.78 is 2.03. The maximum absolute atomic E-state index is 4.49. The molecule has 0 radical (unpaired) electrons. The fraction of sp³-hybridized carbons (Fsp3) is 0.571. The zero-order valence-electron chi connectivity index (χ0n) is 17.3. The Labute approximate surface area is 190 Å². The molecule has 1 aromatic carbocycles. The molecular weight excluding hydrogens is 477 g/mol. The molecule has 1 fully saturated rings. The Balaban J connectivity index is 0.00000240. The SMILES string of the molecule is CN=C(NCC1CCCN1Cc1ccccc1)NC1CCc2nc(C)nn2C1.I. The van der Waals surface area contributed by atoms with Crippen molar-refractivity contribution >= 4 is 29.9 Å². The van der Waals surface area contributed by atoms with Gasteiger partial charge >= 0.3 is 0 Å². The van der Waals surface area contributed by atoms with Crippen molar-refractivity contribution < 1.29 is 0 Å². The normalized spacial score (nSPS) is 22.1. The topological polar surface area (TPSA) is 70.4 Å². The van der Waals surface area contributed by atoms with Crippen molar-refractivity contribution in [2.24, 2.45) is 4.99 Å². The first-order chi connectivity index (χ1) is 13.7. The number of benzene rings is 1. The molecule has 4 rings (SSSR count). The molecule has 0 spiro atoms. The monoisotopic (exact) mass is 509 g/mol. The molecule has 2 N–H and O–H groups in total. The number of likely N-dealkylation sites (tertiary alicyclic amines) is 1. The van der Waals surface area contributed by atoms with Gasteiger partial charge in [-0.15, -0.1) is 24.0 Å². The predicted octanol–water partition coefficient (Wildman–Crippen LogP) is 2.35. The molecule has 2 aliphatic heterocycles. The van der Waals surface area contributed by atoms with Gasteiger partial charge in [-0.3, -0.25) is 9.89 Å². The largest absolute Gasteiger partial charge is 0.355 e. The molecule has 0 bridgehead atoms. The second kappa shape index (κ2) is 10.4. The third-order valence-electron chi connectivity index (χ3n) is 5.76. The van der Waals surface area contributed by atoms with E-state index >= 15 is 0 Å². The first-order valence-electron chi connectivity index (χ1n) is 10.4. The van der Waals surface area contributed by atoms with E-state index in [2.05, 4.69) is 60.9 Å². The highest BCUT2D eigenvalue weighted by Gasteiger charge is 2.25. The van der Waals surface area contributed by atoms with Crippen molar-refractivity contribution in [2.75, 3.05) is 20.1 Å². The van der Waals surface area contributed by atoms with Gasteiger partial charge in [-0.2, -0.15) is 5.10 Å². The van der Waals surface area contributed by atoms with Gasteiger partial charge in [0.15, 0.2) is 5.96 Å². The van der Waals surface area contributed by atoms with Gasteiger partial charge in [0.05, 0.1) is 6.54 Å². The van der Waals surface area contributed by atoms with E-state index in [9.17, 15) is 0 Å². The molecule has 2 atom stereocenters. The number of hydrogen-bond donors (Lipinski definition) is 2. The lowest BCUT2D eigenvalue weighted by molar-refractivity contribution is 0.245. The van der Waals surface area contributed by atoms with Crippen LogP contribution >= 0.6 is 24.0 Å². The van der Waals surface area contributed by atoms with Gasteiger partial charge in [-0.05, 0) is 38.3 Å². The maximum atomic E-state index is 4.49. The Morgan fingerprint density at radius 2 is 2.07 bits per heavy atom. The number of fused-ring (bicyclic) bond motifs is 1. The molecule has 8 heteroatoms. The Bertz CT molecular complexity index is 805. The van der Waals surface area contributed by atoms with Crippen LogP contribution < -0.4 is 10.6 Å². The van der Waals surface area contributed by atoms with Crippen molar-refractivity contribution in [2.45, 2.75) is 57.8 Å². The maximum Gasteiger partial charge on any atom is 0.191 e. The van der Waals surface area contributed by atoms with Gasteiger partial charge < -0.3 is 10.6 Å². The van der Waals surface area contributed by atoms with E-state index < -0.39 is 0 Å². The van der Waals surface area contributed by atoms with E-state index in [1.165, 1.54) is 24.9 Å². The lowest BCUT2D eigenvalue weighted by Crippen LogP contribution is -2.49. The summed E-state index contributed by atoms with van der Waals surface area (Å²) >= 11 is 0. The van der Waals surface area contributed by atoms with Gasteiger partial charge in [-0.25, -0.2) is 9.67 Å². The van der Waals surface area contributed by atoms with E-state index in [1.807, 2.05) is 18.7 Å². The summed E-state index contributed by atoms with van der Waals surface area (Å²) in [5, 5.41) is 11.6. The summed E-state index contributed by atoms with van der Waals surface area (Å²) in [7, 11) is 1.85. The van der Waals surface area contributed by atoms with Gasteiger partial charge in [0, 0.05) is 38.6 Å². The molecule has 2 aromatic rings. The average molecular weight is 509 g/mol. The Hall–Kier alpha value is -1.68. The van der Waals surface area contributed by atoms with Crippen molar-refractivity contribution in [3.05, 3.63) is 47.5 Å². The standard InChI is InChI=1S/C21H31N7.HI/c1-16-24-20-11-10-18(15-28(20)26-16)25-21(22-2)23-13-19-9-6-12-27(19)14-17-7-4-3-5-8-17;/h3-5,7-8,18-19H,6,9-15H2,1-2H3,(H2,22,23,25);1H. The average Bonchev–Trinajstić information content (AvgIpc) is 3.30. The first kappa shape index (κ1) is 22.0. The number of aryl methyl sites for hydroxylation is 2. The van der Waals surface area contributed by atoms with Crippen LogP contribution in [0.3, 0.4) is 0 Å². The highest BCUT2D eigenvalue weighted by molar-refractivity contribution is 14.0. The van der Waals surface area contributed by atoms with Crippen LogP contribution in [0.1, 0.15) is 36.5 Å². The number of halogens is 1. The van der Waals surface area contributed by atoms with E-state index in [0.717, 1.165) is 50.1 Å². The molecule has 2 unspecified atom stereocenters. The van der Waals surface area contributed by atoms with Gasteiger partial charge in [0.1, 0.15) is 11.6 Å². The zero-order chi connectivity index (χ0) is 19.3. The molecule has 7 nitrogen and oxygen atoms in total. The predicted molar refractivity (Wildman–Crippen MR) is 127 cm³/mol. The fourth-order valence-corrected chi connectivity index (χ4v) is 4.31. The van der Waals surface area contributed by atoms with Crippen LogP contribution in [0.2, 0.25) is 0 Å². The van der Waals surface area contributed by atoms with E-state index in [0.29, 0.717) is 12.1 Å². The summed E-state index contributed by atoms with van der Waals surface area (Å²) in [4.78, 5) is 11.5. The molecular formula is C21H32IN7. The van der Waals surface area contributed by atoms with E-state index in [1.54, 1.807) is 0 Å². The number of rotatable bonds is 5. The van der Waals surface area contributed by atoms with Gasteiger partial charge in [0.2, 0.25) is 0 Å². The number of nitrogens with zero attached hydrogens (tertiary/aromatic N) is 5. The van der Waals surface area contributed by atoms with Crippen LogP contribution in [0.15, 0.2) is 35.3 Å². The summed E-state index contributed by atoms with van der Waals surface area (Å²) in [6.45, 7) is 5.92. The molecule has 3 heterocycles. The van der Waals surface area contributed by atoms with Crippen LogP contribution in [0.4, 0.5) is 0 Å². The Morgan fingerprint density at radius 3 is 2.86 bits per heavy atom. The quantitative estimate of drug-likeness (QED) is 0.368. The first-order valence-corrected chi connectivity index (χ1v) is 10.4. The van der Waals surface area contributed by atoms with Crippen LogP contribution in [-0.4, -0.2) is 57.8 Å². The van der Waals surface area contributed by atoms with Crippen molar-refractivity contribution in [3.63, 3.8) is 0 Å². The van der Waals surface area contributed by atoms with Crippen molar-refractivity contribution in [1.82, 2.24) is 30.3 Å². The smallest absolute Gasteiger partial charge is 0.191 e. The van der Waals surface area contributed by atoms with Crippen LogP contribution in [0, 0.1) is 6.92 Å². The minimum absolute atomic E-state index is 0. The van der Waals surface area contributed by atoms with Gasteiger partial charge in [0.25, 0.3) is 0 Å². The second-order valence-corrected chi connectivity index (χ2v) is 7.84. The minimum atomic E-state index is 0. The highest BCUT2D eigenvalue weighted by Crippen LogP contribution is 2.19. The van der Waals surface area contributed by atoms with E-state index in [-0.39, 0.29) is 24.0 Å². The molecule has 0 aliphatic carbocycles. The number of aromatic nitrogens is 3. The van der Waals surface area contributed by atoms with Crippen LogP contribution in [-0.2, 0) is 19.5 Å². The summed E-state index contributed by atoms with van der Waals surface area (Å²) in [5.74, 6) is 2.84. The molecule has 0 saturated carbocycles. The summed E-state index contributed by atoms with van der Waals surface area (Å²) in [6, 6.07) is 11.6. The molecule has 2 aliphatic rings. The zero-order valence-corrected chi connectivity index (χ0v) is 19.7. The lowest BCUT2D eigenvalue weighted by Gasteiger charge is -2.28. The Morgan fingerprint density at radius 1 is 1.24 bits per heavy atom. The lowest BCUT2D eigenvalue weighted by atomic mass is 10.1. The Kier molecular flexibility index (Phi) is 7.88. The molecule has 1 saturated heterocycles.